The van der Waals surface area contributed by atoms with Crippen LogP contribution in [0.2, 0.25) is 0 Å². The molecule has 6 nitrogen and oxygen atoms in total. The minimum Gasteiger partial charge on any atom is -0.485 e. The number of allylic oxidation sites excluding steroid dienone is 1. The average Bonchev–Trinajstić information content (AvgIpc) is 2.92. The lowest BCUT2D eigenvalue weighted by Crippen LogP contribution is -2.17. The number of aromatic nitrogens is 3. The largest absolute Gasteiger partial charge is 0.485 e. The second kappa shape index (κ2) is 5.40. The molecule has 2 aromatic rings. The zero-order valence-corrected chi connectivity index (χ0v) is 11.7. The molecule has 0 saturated heterocycles. The first-order valence-electron chi connectivity index (χ1n) is 6.74. The Balaban J connectivity index is 2.06. The molecule has 0 bridgehead atoms. The first-order valence-corrected chi connectivity index (χ1v) is 6.74. The summed E-state index contributed by atoms with van der Waals surface area (Å²) in [7, 11) is 0. The van der Waals surface area contributed by atoms with Crippen LogP contribution in [0.3, 0.4) is 0 Å². The van der Waals surface area contributed by atoms with Crippen LogP contribution < -0.4 is 4.74 Å². The lowest BCUT2D eigenvalue weighted by molar-refractivity contribution is 0.0516. The summed E-state index contributed by atoms with van der Waals surface area (Å²) in [6, 6.07) is 5.78. The maximum Gasteiger partial charge on any atom is 0.360 e. The van der Waals surface area contributed by atoms with Crippen molar-refractivity contribution in [2.24, 2.45) is 0 Å². The van der Waals surface area contributed by atoms with E-state index in [-0.39, 0.29) is 12.3 Å². The fourth-order valence-electron chi connectivity index (χ4n) is 2.34. The molecule has 1 aliphatic heterocycles. The Morgan fingerprint density at radius 2 is 2.43 bits per heavy atom. The number of hydrogen-bond donors (Lipinski definition) is 0. The lowest BCUT2D eigenvalue weighted by atomic mass is 10.1. The number of carbonyl (C=O) groups is 1. The zero-order chi connectivity index (χ0) is 14.8. The molecule has 3 rings (SSSR count). The van der Waals surface area contributed by atoms with Gasteiger partial charge in [0, 0.05) is 5.56 Å². The van der Waals surface area contributed by atoms with Crippen molar-refractivity contribution < 1.29 is 14.3 Å². The van der Waals surface area contributed by atoms with E-state index in [0.717, 1.165) is 17.0 Å². The van der Waals surface area contributed by atoms with Gasteiger partial charge in [-0.1, -0.05) is 23.4 Å². The summed E-state index contributed by atoms with van der Waals surface area (Å²) >= 11 is 0. The predicted octanol–water partition coefficient (Wildman–Crippen LogP) is 2.06. The van der Waals surface area contributed by atoms with Crippen LogP contribution in [0.15, 0.2) is 30.9 Å². The molecular weight excluding hydrogens is 270 g/mol. The van der Waals surface area contributed by atoms with Gasteiger partial charge in [0.1, 0.15) is 23.7 Å². The van der Waals surface area contributed by atoms with E-state index in [4.69, 9.17) is 9.47 Å². The third-order valence-electron chi connectivity index (χ3n) is 3.25. The molecule has 1 aromatic heterocycles. The normalized spacial score (nSPS) is 12.0. The first kappa shape index (κ1) is 13.4. The third-order valence-corrected chi connectivity index (χ3v) is 3.25. The fourth-order valence-corrected chi connectivity index (χ4v) is 2.34. The number of fused-ring (bicyclic) bond motifs is 3. The maximum atomic E-state index is 11.9. The number of rotatable bonds is 4. The SMILES string of the molecule is C=CCc1cccc2c1OCc1c(C(=O)OCC)nnn1-2. The van der Waals surface area contributed by atoms with Crippen LogP contribution in [0.5, 0.6) is 5.75 Å². The number of esters is 1. The second-order valence-corrected chi connectivity index (χ2v) is 4.56. The van der Waals surface area contributed by atoms with Crippen molar-refractivity contribution in [3.8, 4) is 11.4 Å². The monoisotopic (exact) mass is 285 g/mol. The van der Waals surface area contributed by atoms with Crippen molar-refractivity contribution in [2.45, 2.75) is 20.0 Å². The van der Waals surface area contributed by atoms with Crippen LogP contribution >= 0.6 is 0 Å². The molecule has 1 aromatic carbocycles. The lowest BCUT2D eigenvalue weighted by Gasteiger charge is -2.21. The molecular formula is C15H15N3O3. The minimum atomic E-state index is -0.479. The predicted molar refractivity (Wildman–Crippen MR) is 75.5 cm³/mol. The van der Waals surface area contributed by atoms with Crippen LogP contribution in [0.1, 0.15) is 28.7 Å². The number of hydrogen-bond acceptors (Lipinski definition) is 5. The highest BCUT2D eigenvalue weighted by Crippen LogP contribution is 2.33. The third kappa shape index (κ3) is 2.18. The fraction of sp³-hybridized carbons (Fsp3) is 0.267. The van der Waals surface area contributed by atoms with E-state index in [1.54, 1.807) is 11.6 Å². The summed E-state index contributed by atoms with van der Waals surface area (Å²) in [5.41, 5.74) is 2.62. The van der Waals surface area contributed by atoms with Crippen LogP contribution in [0.4, 0.5) is 0 Å². The van der Waals surface area contributed by atoms with Crippen LogP contribution in [0.25, 0.3) is 5.69 Å². The van der Waals surface area contributed by atoms with Crippen LogP contribution in [-0.4, -0.2) is 27.6 Å². The van der Waals surface area contributed by atoms with Gasteiger partial charge in [-0.3, -0.25) is 0 Å². The Bertz CT molecular complexity index is 706. The van der Waals surface area contributed by atoms with E-state index in [1.807, 2.05) is 24.3 Å². The molecule has 0 unspecified atom stereocenters. The maximum absolute atomic E-state index is 11.9. The minimum absolute atomic E-state index is 0.205. The molecule has 2 heterocycles. The van der Waals surface area contributed by atoms with Crippen molar-refractivity contribution in [1.82, 2.24) is 15.0 Å². The number of nitrogens with zero attached hydrogens (tertiary/aromatic N) is 3. The van der Waals surface area contributed by atoms with Gasteiger partial charge in [0.15, 0.2) is 5.69 Å². The Morgan fingerprint density at radius 1 is 1.57 bits per heavy atom. The Labute approximate surface area is 122 Å². The highest BCUT2D eigenvalue weighted by molar-refractivity contribution is 5.88. The van der Waals surface area contributed by atoms with Crippen molar-refractivity contribution in [3.05, 3.63) is 47.8 Å². The second-order valence-electron chi connectivity index (χ2n) is 4.56. The smallest absolute Gasteiger partial charge is 0.360 e. The summed E-state index contributed by atoms with van der Waals surface area (Å²) in [5.74, 6) is 0.276. The quantitative estimate of drug-likeness (QED) is 0.635. The molecule has 0 fully saturated rings. The Hall–Kier alpha value is -2.63. The Kier molecular flexibility index (Phi) is 3.43. The first-order chi connectivity index (χ1) is 10.3. The molecule has 0 spiro atoms. The highest BCUT2D eigenvalue weighted by atomic mass is 16.5. The summed E-state index contributed by atoms with van der Waals surface area (Å²) in [6.07, 6.45) is 2.53. The highest BCUT2D eigenvalue weighted by Gasteiger charge is 2.27. The van der Waals surface area contributed by atoms with Crippen LogP contribution in [0, 0.1) is 0 Å². The molecule has 0 aliphatic carbocycles. The van der Waals surface area contributed by atoms with Gasteiger partial charge in [0.05, 0.1) is 6.61 Å². The molecule has 0 atom stereocenters. The molecule has 0 radical (unpaired) electrons. The van der Waals surface area contributed by atoms with Gasteiger partial charge in [0.25, 0.3) is 0 Å². The summed E-state index contributed by atoms with van der Waals surface area (Å²) < 4.78 is 12.4. The van der Waals surface area contributed by atoms with E-state index in [0.29, 0.717) is 18.7 Å². The van der Waals surface area contributed by atoms with Crippen molar-refractivity contribution in [3.63, 3.8) is 0 Å². The topological polar surface area (TPSA) is 66.2 Å². The van der Waals surface area contributed by atoms with Crippen LogP contribution in [-0.2, 0) is 17.8 Å². The van der Waals surface area contributed by atoms with Gasteiger partial charge in [-0.05, 0) is 19.4 Å². The van der Waals surface area contributed by atoms with Crippen molar-refractivity contribution in [1.29, 1.82) is 0 Å². The standard InChI is InChI=1S/C15H15N3O3/c1-3-6-10-7-5-8-11-14(10)21-9-12-13(15(19)20-4-2)16-17-18(11)12/h3,5,7-8H,1,4,6,9H2,2H3. The molecule has 6 heteroatoms. The number of ether oxygens (including phenoxy) is 2. The average molecular weight is 285 g/mol. The van der Waals surface area contributed by atoms with E-state index < -0.39 is 5.97 Å². The molecule has 21 heavy (non-hydrogen) atoms. The van der Waals surface area contributed by atoms with Gasteiger partial charge < -0.3 is 9.47 Å². The molecule has 108 valence electrons. The number of benzene rings is 1. The summed E-state index contributed by atoms with van der Waals surface area (Å²) in [6.45, 7) is 6.03. The van der Waals surface area contributed by atoms with E-state index >= 15 is 0 Å². The van der Waals surface area contributed by atoms with Crippen molar-refractivity contribution >= 4 is 5.97 Å². The van der Waals surface area contributed by atoms with Gasteiger partial charge >= 0.3 is 5.97 Å². The van der Waals surface area contributed by atoms with Gasteiger partial charge in [-0.2, -0.15) is 0 Å². The van der Waals surface area contributed by atoms with Gasteiger partial charge in [-0.15, -0.1) is 11.7 Å². The Morgan fingerprint density at radius 3 is 3.19 bits per heavy atom. The van der Waals surface area contributed by atoms with E-state index in [1.165, 1.54) is 0 Å². The molecule has 0 amide bonds. The van der Waals surface area contributed by atoms with E-state index in [2.05, 4.69) is 16.9 Å². The molecule has 0 N–H and O–H groups in total. The number of para-hydroxylation sites is 1. The van der Waals surface area contributed by atoms with Gasteiger partial charge in [0.2, 0.25) is 0 Å². The summed E-state index contributed by atoms with van der Waals surface area (Å²) in [4.78, 5) is 11.9. The zero-order valence-electron chi connectivity index (χ0n) is 11.7. The summed E-state index contributed by atoms with van der Waals surface area (Å²) in [5, 5.41) is 7.99. The number of carbonyl (C=O) groups excluding carboxylic acids is 1. The van der Waals surface area contributed by atoms with Crippen molar-refractivity contribution in [2.75, 3.05) is 6.61 Å². The molecule has 1 aliphatic rings. The van der Waals surface area contributed by atoms with Gasteiger partial charge in [-0.25, -0.2) is 9.48 Å². The molecule has 0 saturated carbocycles. The van der Waals surface area contributed by atoms with E-state index in [9.17, 15) is 4.79 Å².